The van der Waals surface area contributed by atoms with E-state index in [1.54, 1.807) is 41.5 Å². The molecular formula is C30H25Cl2N7O2. The van der Waals surface area contributed by atoms with Crippen LogP contribution < -0.4 is 10.9 Å². The number of hydrogen-bond acceptors (Lipinski definition) is 6. The molecule has 6 rings (SSSR count). The van der Waals surface area contributed by atoms with Crippen LogP contribution in [0.3, 0.4) is 0 Å². The molecule has 0 aliphatic carbocycles. The summed E-state index contributed by atoms with van der Waals surface area (Å²) in [4.78, 5) is 35.9. The van der Waals surface area contributed by atoms with Crippen LogP contribution in [0, 0.1) is 5.92 Å². The molecule has 0 spiro atoms. The third-order valence-corrected chi connectivity index (χ3v) is 7.71. The molecule has 1 aliphatic rings. The van der Waals surface area contributed by atoms with Gasteiger partial charge in [-0.15, -0.1) is 5.10 Å². The number of halogens is 2. The molecule has 206 valence electrons. The molecular weight excluding hydrogens is 561 g/mol. The number of nitrogens with zero attached hydrogens (tertiary/aromatic N) is 6. The fraction of sp³-hybridized carbons (Fsp3) is 0.200. The molecule has 11 heteroatoms. The average molecular weight is 586 g/mol. The molecule has 0 radical (unpaired) electrons. The van der Waals surface area contributed by atoms with Crippen LogP contribution >= 0.6 is 23.2 Å². The number of benzene rings is 2. The summed E-state index contributed by atoms with van der Waals surface area (Å²) in [5, 5.41) is 11.7. The van der Waals surface area contributed by atoms with Gasteiger partial charge in [-0.1, -0.05) is 60.0 Å². The van der Waals surface area contributed by atoms with Gasteiger partial charge in [0, 0.05) is 40.0 Å². The number of rotatable bonds is 3. The Balaban J connectivity index is 1.43. The molecule has 0 saturated heterocycles. The van der Waals surface area contributed by atoms with E-state index in [9.17, 15) is 9.59 Å². The molecule has 41 heavy (non-hydrogen) atoms. The van der Waals surface area contributed by atoms with E-state index in [1.807, 2.05) is 43.3 Å². The lowest BCUT2D eigenvalue weighted by molar-refractivity contribution is -0.119. The van der Waals surface area contributed by atoms with Crippen LogP contribution in [0.1, 0.15) is 37.9 Å². The van der Waals surface area contributed by atoms with Crippen LogP contribution in [0.25, 0.3) is 28.1 Å². The molecule has 9 nitrogen and oxygen atoms in total. The van der Waals surface area contributed by atoms with E-state index in [0.717, 1.165) is 22.5 Å². The van der Waals surface area contributed by atoms with Crippen molar-refractivity contribution in [1.82, 2.24) is 29.5 Å². The van der Waals surface area contributed by atoms with Gasteiger partial charge in [-0.3, -0.25) is 19.1 Å². The highest BCUT2D eigenvalue weighted by Crippen LogP contribution is 2.33. The van der Waals surface area contributed by atoms with Gasteiger partial charge in [0.1, 0.15) is 0 Å². The van der Waals surface area contributed by atoms with Crippen molar-refractivity contribution in [3.05, 3.63) is 106 Å². The SMILES string of the molecule is C[C@@H]1CCC[C@H](n2cnc(-c3cc(Cl)ccc3-n3cc(Cl)nn3)cc2=O)c2cc(ccn2)-c2ccccc2NC1=O. The zero-order valence-corrected chi connectivity index (χ0v) is 23.5. The molecule has 1 aliphatic heterocycles. The maximum Gasteiger partial charge on any atom is 0.254 e. The third kappa shape index (κ3) is 5.51. The van der Waals surface area contributed by atoms with E-state index < -0.39 is 0 Å². The number of carbonyl (C=O) groups excluding carboxylic acids is 1. The molecule has 1 amide bonds. The van der Waals surface area contributed by atoms with Gasteiger partial charge in [0.25, 0.3) is 5.56 Å². The van der Waals surface area contributed by atoms with E-state index in [1.165, 1.54) is 10.7 Å². The smallest absolute Gasteiger partial charge is 0.254 e. The number of nitrogens with one attached hydrogen (secondary N) is 1. The molecule has 4 heterocycles. The number of pyridine rings is 1. The van der Waals surface area contributed by atoms with E-state index >= 15 is 0 Å². The second-order valence-electron chi connectivity index (χ2n) is 10.0. The Morgan fingerprint density at radius 3 is 2.61 bits per heavy atom. The first-order valence-electron chi connectivity index (χ1n) is 13.2. The maximum absolute atomic E-state index is 13.7. The van der Waals surface area contributed by atoms with Gasteiger partial charge in [-0.05, 0) is 54.8 Å². The van der Waals surface area contributed by atoms with E-state index in [-0.39, 0.29) is 28.6 Å². The number of aromatic nitrogens is 6. The molecule has 0 saturated carbocycles. The Kier molecular flexibility index (Phi) is 7.38. The molecule has 2 aromatic carbocycles. The number of anilines is 1. The van der Waals surface area contributed by atoms with Crippen LogP contribution in [-0.4, -0.2) is 35.4 Å². The Hall–Kier alpha value is -4.34. The number of carbonyl (C=O) groups is 1. The van der Waals surface area contributed by atoms with Crippen LogP contribution in [0.5, 0.6) is 0 Å². The summed E-state index contributed by atoms with van der Waals surface area (Å²) in [5.74, 6) is -0.226. The Morgan fingerprint density at radius 2 is 1.80 bits per heavy atom. The second-order valence-corrected chi connectivity index (χ2v) is 10.8. The summed E-state index contributed by atoms with van der Waals surface area (Å²) in [5.41, 5.74) is 4.71. The normalized spacial score (nSPS) is 17.2. The monoisotopic (exact) mass is 585 g/mol. The van der Waals surface area contributed by atoms with Crippen molar-refractivity contribution in [2.45, 2.75) is 32.2 Å². The molecule has 3 aromatic heterocycles. The highest BCUT2D eigenvalue weighted by molar-refractivity contribution is 6.31. The van der Waals surface area contributed by atoms with Gasteiger partial charge >= 0.3 is 0 Å². The highest BCUT2D eigenvalue weighted by Gasteiger charge is 2.23. The van der Waals surface area contributed by atoms with Crippen molar-refractivity contribution < 1.29 is 4.79 Å². The molecule has 5 aromatic rings. The zero-order chi connectivity index (χ0) is 28.5. The van der Waals surface area contributed by atoms with Crippen molar-refractivity contribution in [2.24, 2.45) is 5.92 Å². The van der Waals surface area contributed by atoms with Crippen molar-refractivity contribution in [1.29, 1.82) is 0 Å². The van der Waals surface area contributed by atoms with Crippen LogP contribution in [-0.2, 0) is 4.79 Å². The summed E-state index contributed by atoms with van der Waals surface area (Å²) < 4.78 is 3.12. The fourth-order valence-electron chi connectivity index (χ4n) is 5.14. The average Bonchev–Trinajstić information content (AvgIpc) is 3.41. The summed E-state index contributed by atoms with van der Waals surface area (Å²) in [6.45, 7) is 1.92. The lowest BCUT2D eigenvalue weighted by Crippen LogP contribution is -2.27. The highest BCUT2D eigenvalue weighted by atomic mass is 35.5. The lowest BCUT2D eigenvalue weighted by atomic mass is 9.95. The summed E-state index contributed by atoms with van der Waals surface area (Å²) in [6, 6.07) is 17.9. The first-order chi connectivity index (χ1) is 19.9. The van der Waals surface area contributed by atoms with Crippen LogP contribution in [0.2, 0.25) is 10.2 Å². The fourth-order valence-corrected chi connectivity index (χ4v) is 5.44. The molecule has 0 fully saturated rings. The number of para-hydroxylation sites is 1. The quantitative estimate of drug-likeness (QED) is 0.270. The predicted octanol–water partition coefficient (Wildman–Crippen LogP) is 6.21. The van der Waals surface area contributed by atoms with Gasteiger partial charge in [-0.2, -0.15) is 0 Å². The minimum absolute atomic E-state index is 0.0296. The van der Waals surface area contributed by atoms with Gasteiger partial charge in [0.05, 0.1) is 35.6 Å². The van der Waals surface area contributed by atoms with Gasteiger partial charge in [0.15, 0.2) is 5.15 Å². The first kappa shape index (κ1) is 26.9. The van der Waals surface area contributed by atoms with Crippen molar-refractivity contribution in [3.8, 4) is 28.1 Å². The van der Waals surface area contributed by atoms with Gasteiger partial charge in [0.2, 0.25) is 5.91 Å². The van der Waals surface area contributed by atoms with Crippen molar-refractivity contribution in [3.63, 3.8) is 0 Å². The minimum atomic E-state index is -0.376. The molecule has 2 atom stereocenters. The van der Waals surface area contributed by atoms with E-state index in [0.29, 0.717) is 41.2 Å². The van der Waals surface area contributed by atoms with Crippen molar-refractivity contribution >= 4 is 34.8 Å². The third-order valence-electron chi connectivity index (χ3n) is 7.30. The number of hydrogen-bond donors (Lipinski definition) is 1. The van der Waals surface area contributed by atoms with Crippen LogP contribution in [0.4, 0.5) is 5.69 Å². The van der Waals surface area contributed by atoms with Gasteiger partial charge in [-0.25, -0.2) is 9.67 Å². The number of fused-ring (bicyclic) bond motifs is 4. The molecule has 0 unspecified atom stereocenters. The van der Waals surface area contributed by atoms with Gasteiger partial charge < -0.3 is 5.32 Å². The predicted molar refractivity (Wildman–Crippen MR) is 158 cm³/mol. The first-order valence-corrected chi connectivity index (χ1v) is 14.0. The molecule has 2 bridgehead atoms. The van der Waals surface area contributed by atoms with Crippen LogP contribution in [0.15, 0.2) is 84.2 Å². The Bertz CT molecular complexity index is 1820. The Morgan fingerprint density at radius 1 is 0.951 bits per heavy atom. The summed E-state index contributed by atoms with van der Waals surface area (Å²) in [6.07, 6.45) is 6.84. The minimum Gasteiger partial charge on any atom is -0.325 e. The zero-order valence-electron chi connectivity index (χ0n) is 22.0. The standard InChI is InChI=1S/C30H25Cl2N7O2/c1-18-5-4-8-27(25-13-19(11-12-33-25)21-6-2-3-7-23(21)35-30(18)41)38-17-34-24(15-29(38)40)22-14-20(31)9-10-26(22)39-16-28(32)36-37-39/h2-3,6-7,9-18,27H,4-5,8H2,1H3,(H,35,41)/t18-,27+/m1/s1. The maximum atomic E-state index is 13.7. The van der Waals surface area contributed by atoms with Crippen molar-refractivity contribution in [2.75, 3.05) is 5.32 Å². The summed E-state index contributed by atoms with van der Waals surface area (Å²) in [7, 11) is 0. The topological polar surface area (TPSA) is 108 Å². The second kappa shape index (κ2) is 11.3. The number of amides is 1. The lowest BCUT2D eigenvalue weighted by Gasteiger charge is -2.23. The Labute approximate surface area is 245 Å². The largest absolute Gasteiger partial charge is 0.325 e. The van der Waals surface area contributed by atoms with E-state index in [4.69, 9.17) is 23.2 Å². The summed E-state index contributed by atoms with van der Waals surface area (Å²) >= 11 is 12.3. The van der Waals surface area contributed by atoms with E-state index in [2.05, 4.69) is 25.6 Å². The molecule has 1 N–H and O–H groups in total.